The number of imidazole rings is 1. The monoisotopic (exact) mass is 508 g/mol. The number of alkyl halides is 5. The van der Waals surface area contributed by atoms with E-state index in [1.54, 1.807) is 11.1 Å². The standard InChI is InChI=1S/C25H25F5N4O2/c26-24(27,25(28,29)30)18-3-1-17(2-4-18)23(35)34-11-6-15(7-12-34)19-5-10-31-22-20(19)32-21(33-22)16-8-13-36-14-9-16/h1-5,10,15-16H,6-9,11-14H2,(H,31,32,33). The molecule has 0 atom stereocenters. The number of likely N-dealkylation sites (tertiary alicyclic amines) is 1. The maximum atomic E-state index is 13.5. The van der Waals surface area contributed by atoms with Crippen LogP contribution in [-0.2, 0) is 10.7 Å². The van der Waals surface area contributed by atoms with Crippen molar-refractivity contribution in [2.45, 2.75) is 49.6 Å². The fraction of sp³-hybridized carbons (Fsp3) is 0.480. The van der Waals surface area contributed by atoms with Gasteiger partial charge in [-0.1, -0.05) is 12.1 Å². The minimum Gasteiger partial charge on any atom is -0.381 e. The van der Waals surface area contributed by atoms with Crippen LogP contribution in [-0.4, -0.2) is 58.2 Å². The van der Waals surface area contributed by atoms with Gasteiger partial charge in [-0.15, -0.1) is 0 Å². The van der Waals surface area contributed by atoms with E-state index < -0.39 is 23.6 Å². The van der Waals surface area contributed by atoms with Gasteiger partial charge >= 0.3 is 12.1 Å². The van der Waals surface area contributed by atoms with Crippen LogP contribution in [0.3, 0.4) is 0 Å². The Bertz CT molecular complexity index is 1230. The molecular weight excluding hydrogens is 483 g/mol. The lowest BCUT2D eigenvalue weighted by atomic mass is 9.89. The number of rotatable bonds is 4. The molecule has 1 amide bonds. The van der Waals surface area contributed by atoms with Crippen LogP contribution in [0.4, 0.5) is 22.0 Å². The molecule has 0 unspecified atom stereocenters. The number of pyridine rings is 1. The van der Waals surface area contributed by atoms with E-state index in [0.717, 1.165) is 41.9 Å². The van der Waals surface area contributed by atoms with Crippen molar-refractivity contribution in [1.82, 2.24) is 19.9 Å². The molecule has 36 heavy (non-hydrogen) atoms. The van der Waals surface area contributed by atoms with Crippen LogP contribution in [0.15, 0.2) is 36.5 Å². The lowest BCUT2D eigenvalue weighted by Crippen LogP contribution is -2.38. The van der Waals surface area contributed by atoms with Crippen LogP contribution in [0.2, 0.25) is 0 Å². The number of aromatic amines is 1. The molecule has 0 saturated carbocycles. The summed E-state index contributed by atoms with van der Waals surface area (Å²) in [7, 11) is 0. The summed E-state index contributed by atoms with van der Waals surface area (Å²) in [6, 6.07) is 5.34. The molecule has 4 heterocycles. The predicted octanol–water partition coefficient (Wildman–Crippen LogP) is 5.53. The lowest BCUT2D eigenvalue weighted by Gasteiger charge is -2.32. The molecule has 2 saturated heterocycles. The molecule has 1 aromatic carbocycles. The first-order valence-corrected chi connectivity index (χ1v) is 11.9. The summed E-state index contributed by atoms with van der Waals surface area (Å²) in [4.78, 5) is 27.1. The van der Waals surface area contributed by atoms with E-state index in [9.17, 15) is 26.7 Å². The highest BCUT2D eigenvalue weighted by Crippen LogP contribution is 2.44. The van der Waals surface area contributed by atoms with Crippen molar-refractivity contribution in [3.05, 3.63) is 59.0 Å². The highest BCUT2D eigenvalue weighted by atomic mass is 19.4. The second-order valence-corrected chi connectivity index (χ2v) is 9.32. The number of nitrogens with one attached hydrogen (secondary N) is 1. The maximum absolute atomic E-state index is 13.5. The highest BCUT2D eigenvalue weighted by Gasteiger charge is 2.58. The summed E-state index contributed by atoms with van der Waals surface area (Å²) < 4.78 is 70.3. The van der Waals surface area contributed by atoms with Gasteiger partial charge in [0, 0.05) is 49.5 Å². The summed E-state index contributed by atoms with van der Waals surface area (Å²) in [5, 5.41) is 0. The topological polar surface area (TPSA) is 71.1 Å². The number of carbonyl (C=O) groups is 1. The van der Waals surface area contributed by atoms with Gasteiger partial charge in [0.2, 0.25) is 0 Å². The zero-order valence-corrected chi connectivity index (χ0v) is 19.3. The number of halogens is 5. The van der Waals surface area contributed by atoms with Crippen molar-refractivity contribution in [2.75, 3.05) is 26.3 Å². The number of aromatic nitrogens is 3. The Morgan fingerprint density at radius 2 is 1.61 bits per heavy atom. The lowest BCUT2D eigenvalue weighted by molar-refractivity contribution is -0.289. The van der Waals surface area contributed by atoms with Crippen LogP contribution < -0.4 is 0 Å². The Kier molecular flexibility index (Phi) is 6.44. The first-order valence-electron chi connectivity index (χ1n) is 11.9. The molecule has 0 radical (unpaired) electrons. The van der Waals surface area contributed by atoms with Crippen molar-refractivity contribution < 1.29 is 31.5 Å². The fourth-order valence-corrected chi connectivity index (χ4v) is 5.01. The molecule has 2 fully saturated rings. The largest absolute Gasteiger partial charge is 0.458 e. The summed E-state index contributed by atoms with van der Waals surface area (Å²) in [5.74, 6) is -3.96. The number of hydrogen-bond acceptors (Lipinski definition) is 4. The molecule has 2 aliphatic heterocycles. The zero-order valence-electron chi connectivity index (χ0n) is 19.3. The molecule has 2 aromatic heterocycles. The summed E-state index contributed by atoms with van der Waals surface area (Å²) in [6.07, 6.45) is -0.780. The third-order valence-electron chi connectivity index (χ3n) is 7.12. The Labute approximate surface area is 203 Å². The second kappa shape index (κ2) is 9.42. The number of fused-ring (bicyclic) bond motifs is 1. The number of hydrogen-bond donors (Lipinski definition) is 1. The molecule has 5 rings (SSSR count). The van der Waals surface area contributed by atoms with Crippen LogP contribution in [0.25, 0.3) is 11.2 Å². The second-order valence-electron chi connectivity index (χ2n) is 9.32. The van der Waals surface area contributed by atoms with Gasteiger partial charge in [0.1, 0.15) is 5.82 Å². The fourth-order valence-electron chi connectivity index (χ4n) is 5.01. The summed E-state index contributed by atoms with van der Waals surface area (Å²) in [5.41, 5.74) is 1.56. The molecule has 0 spiro atoms. The van der Waals surface area contributed by atoms with Crippen LogP contribution in [0, 0.1) is 0 Å². The summed E-state index contributed by atoms with van der Waals surface area (Å²) in [6.45, 7) is 2.30. The third kappa shape index (κ3) is 4.56. The number of nitrogens with zero attached hydrogens (tertiary/aromatic N) is 3. The number of carbonyl (C=O) groups excluding carboxylic acids is 1. The van der Waals surface area contributed by atoms with E-state index in [4.69, 9.17) is 9.72 Å². The predicted molar refractivity (Wildman–Crippen MR) is 121 cm³/mol. The SMILES string of the molecule is O=C(c1ccc(C(F)(F)C(F)(F)F)cc1)N1CCC(c2ccnc3nc(C4CCOCC4)[nH]c23)CC1. The van der Waals surface area contributed by atoms with E-state index in [2.05, 4.69) is 9.97 Å². The Hall–Kier alpha value is -3.08. The average Bonchev–Trinajstić information content (AvgIpc) is 3.33. The van der Waals surface area contributed by atoms with Gasteiger partial charge in [-0.2, -0.15) is 22.0 Å². The minimum atomic E-state index is -5.70. The number of benzene rings is 1. The number of piperidine rings is 1. The highest BCUT2D eigenvalue weighted by molar-refractivity contribution is 5.94. The van der Waals surface area contributed by atoms with Gasteiger partial charge in [0.05, 0.1) is 5.52 Å². The molecule has 192 valence electrons. The maximum Gasteiger partial charge on any atom is 0.458 e. The summed E-state index contributed by atoms with van der Waals surface area (Å²) >= 11 is 0. The molecule has 1 N–H and O–H groups in total. The van der Waals surface area contributed by atoms with Gasteiger partial charge in [0.25, 0.3) is 5.91 Å². The van der Waals surface area contributed by atoms with Gasteiger partial charge < -0.3 is 14.6 Å². The van der Waals surface area contributed by atoms with Crippen LogP contribution in [0.1, 0.15) is 64.8 Å². The van der Waals surface area contributed by atoms with E-state index in [1.807, 2.05) is 6.07 Å². The minimum absolute atomic E-state index is 0.0798. The zero-order chi connectivity index (χ0) is 25.5. The first-order chi connectivity index (χ1) is 17.1. The molecular formula is C25H25F5N4O2. The quantitative estimate of drug-likeness (QED) is 0.471. The van der Waals surface area contributed by atoms with E-state index >= 15 is 0 Å². The normalized spacial score (nSPS) is 18.6. The van der Waals surface area contributed by atoms with Gasteiger partial charge in [-0.05, 0) is 55.4 Å². The van der Waals surface area contributed by atoms with Crippen LogP contribution in [0.5, 0.6) is 0 Å². The van der Waals surface area contributed by atoms with E-state index in [0.29, 0.717) is 62.8 Å². The molecule has 11 heteroatoms. The van der Waals surface area contributed by atoms with Crippen LogP contribution >= 0.6 is 0 Å². The number of H-pyrrole nitrogens is 1. The average molecular weight is 508 g/mol. The Morgan fingerprint density at radius 3 is 2.25 bits per heavy atom. The third-order valence-corrected chi connectivity index (χ3v) is 7.12. The molecule has 3 aromatic rings. The van der Waals surface area contributed by atoms with Crippen molar-refractivity contribution in [3.63, 3.8) is 0 Å². The van der Waals surface area contributed by atoms with Crippen molar-refractivity contribution >= 4 is 17.1 Å². The first kappa shape index (κ1) is 24.6. The smallest absolute Gasteiger partial charge is 0.381 e. The van der Waals surface area contributed by atoms with E-state index in [1.165, 1.54) is 0 Å². The Balaban J connectivity index is 1.26. The molecule has 0 bridgehead atoms. The van der Waals surface area contributed by atoms with E-state index in [-0.39, 0.29) is 11.5 Å². The number of ether oxygens (including phenoxy) is 1. The molecule has 2 aliphatic rings. The number of amides is 1. The van der Waals surface area contributed by atoms with Crippen molar-refractivity contribution in [2.24, 2.45) is 0 Å². The van der Waals surface area contributed by atoms with Gasteiger partial charge in [0.15, 0.2) is 5.65 Å². The van der Waals surface area contributed by atoms with Crippen molar-refractivity contribution in [3.8, 4) is 0 Å². The molecule has 6 nitrogen and oxygen atoms in total. The van der Waals surface area contributed by atoms with Crippen molar-refractivity contribution in [1.29, 1.82) is 0 Å². The van der Waals surface area contributed by atoms with Gasteiger partial charge in [-0.3, -0.25) is 4.79 Å². The van der Waals surface area contributed by atoms with Gasteiger partial charge in [-0.25, -0.2) is 9.97 Å². The molecule has 0 aliphatic carbocycles. The Morgan fingerprint density at radius 1 is 0.944 bits per heavy atom.